The molecule has 1 aromatic heterocycles. The third kappa shape index (κ3) is 7.79. The van der Waals surface area contributed by atoms with Gasteiger partial charge in [0.1, 0.15) is 0 Å². The number of aromatic nitrogens is 1. The smallest absolute Gasteiger partial charge is 0.0201 e. The van der Waals surface area contributed by atoms with E-state index in [1.807, 2.05) is 0 Å². The van der Waals surface area contributed by atoms with Crippen molar-refractivity contribution in [3.63, 3.8) is 0 Å². The van der Waals surface area contributed by atoms with Gasteiger partial charge in [-0.25, -0.2) is 0 Å². The Morgan fingerprint density at radius 2 is 0.939 bits per heavy atom. The van der Waals surface area contributed by atoms with Gasteiger partial charge in [0.15, 0.2) is 0 Å². The Hall–Kier alpha value is 0.0895. The van der Waals surface area contributed by atoms with Crippen LogP contribution in [0.1, 0.15) is 88.4 Å². The second-order valence-corrected chi connectivity index (χ2v) is 11.9. The first-order chi connectivity index (χ1) is 16.3. The molecule has 1 aliphatic heterocycles. The van der Waals surface area contributed by atoms with Crippen LogP contribution in [0.15, 0.2) is 18.2 Å². The van der Waals surface area contributed by atoms with Crippen LogP contribution in [0.2, 0.25) is 0 Å². The molecule has 5 rings (SSSR count). The zero-order chi connectivity index (χ0) is 22.9. The van der Waals surface area contributed by atoms with Crippen molar-refractivity contribution in [3.05, 3.63) is 50.9 Å². The SMILES string of the molecule is [Cl][Mn][Cl].c1cc2nc(c1)C[N-][C@@H]1CCCC[C@H]1[N-]C1CCCCC1[N-]C1CCCC[C@H]1[N-]C2. The van der Waals surface area contributed by atoms with Crippen LogP contribution in [0.25, 0.3) is 21.3 Å². The largest absolute Gasteiger partial charge is 0.659 e. The molecule has 0 aromatic carbocycles. The van der Waals surface area contributed by atoms with Crippen molar-refractivity contribution in [3.8, 4) is 0 Å². The molecule has 0 spiro atoms. The summed E-state index contributed by atoms with van der Waals surface area (Å²) in [7, 11) is 9.59. The first-order valence-electron chi connectivity index (χ1n) is 12.8. The summed E-state index contributed by atoms with van der Waals surface area (Å²) in [6, 6.07) is 8.69. The van der Waals surface area contributed by atoms with Crippen molar-refractivity contribution in [1.82, 2.24) is 4.98 Å². The molecule has 3 fully saturated rings. The molecule has 6 atom stereocenters. The summed E-state index contributed by atoms with van der Waals surface area (Å²) in [6.45, 7) is 1.43. The monoisotopic (exact) mass is 532 g/mol. The third-order valence-corrected chi connectivity index (χ3v) is 7.69. The number of rotatable bonds is 0. The van der Waals surface area contributed by atoms with Crippen molar-refractivity contribution in [2.75, 3.05) is 0 Å². The maximum absolute atomic E-state index is 5.46. The molecular weight excluding hydrogens is 496 g/mol. The van der Waals surface area contributed by atoms with Crippen molar-refractivity contribution in [1.29, 1.82) is 0 Å². The predicted octanol–water partition coefficient (Wildman–Crippen LogP) is 7.90. The molecule has 8 heteroatoms. The van der Waals surface area contributed by atoms with E-state index in [1.54, 1.807) is 0 Å². The predicted molar refractivity (Wildman–Crippen MR) is 135 cm³/mol. The molecule has 5 nitrogen and oxygen atoms in total. The van der Waals surface area contributed by atoms with Gasteiger partial charge in [0, 0.05) is 11.4 Å². The van der Waals surface area contributed by atoms with E-state index in [2.05, 4.69) is 18.2 Å². The normalized spacial score (nSPS) is 35.3. The number of hydrogen-bond acceptors (Lipinski definition) is 1. The van der Waals surface area contributed by atoms with Crippen LogP contribution >= 0.6 is 20.2 Å². The molecule has 1 aromatic rings. The van der Waals surface area contributed by atoms with Gasteiger partial charge in [0.05, 0.1) is 0 Å². The molecule has 33 heavy (non-hydrogen) atoms. The maximum Gasteiger partial charge on any atom is 0.0201 e. The summed E-state index contributed by atoms with van der Waals surface area (Å²) < 4.78 is 0. The average molecular weight is 533 g/mol. The molecule has 3 saturated carbocycles. The number of nitrogens with zero attached hydrogens (tertiary/aromatic N) is 5. The van der Waals surface area contributed by atoms with Gasteiger partial charge in [-0.2, -0.15) is 36.3 Å². The van der Waals surface area contributed by atoms with Gasteiger partial charge < -0.3 is 21.3 Å². The second-order valence-electron chi connectivity index (χ2n) is 9.91. The van der Waals surface area contributed by atoms with Gasteiger partial charge in [-0.1, -0.05) is 83.1 Å². The van der Waals surface area contributed by atoms with Crippen LogP contribution in [-0.2, 0) is 26.2 Å². The molecule has 4 aliphatic rings. The first kappa shape index (κ1) is 26.2. The molecular formula is C25H37Cl2MnN5-4. The molecule has 2 bridgehead atoms. The van der Waals surface area contributed by atoms with E-state index in [4.69, 9.17) is 46.4 Å². The molecule has 0 N–H and O–H groups in total. The molecule has 3 aliphatic carbocycles. The Labute approximate surface area is 214 Å². The van der Waals surface area contributed by atoms with Gasteiger partial charge in [-0.05, 0) is 12.1 Å². The zero-order valence-corrected chi connectivity index (χ0v) is 22.2. The summed E-state index contributed by atoms with van der Waals surface area (Å²) in [5, 5.41) is 21.2. The molecule has 2 heterocycles. The van der Waals surface area contributed by atoms with E-state index in [0.29, 0.717) is 36.3 Å². The number of halogens is 2. The Bertz CT molecular complexity index is 658. The van der Waals surface area contributed by atoms with Crippen molar-refractivity contribution >= 4 is 20.2 Å². The number of pyridine rings is 1. The molecule has 0 amide bonds. The standard InChI is InChI=1S/C25H37N5.2ClH.Mn/c1-3-12-22-20(10-1)26-16-18-8-7-9-19(28-18)17-27-21-11-2-4-13-23(21)30-25-15-6-5-14-24(25)29-22;;;/h7-9,20-25H,1-6,10-17H2;2*1H;/q-4;;;+2/p-2/t20-,21-,22-,23?,24?,25?;;;/m1.../s1. The van der Waals surface area contributed by atoms with Gasteiger partial charge in [0.25, 0.3) is 0 Å². The van der Waals surface area contributed by atoms with Gasteiger partial charge in [-0.15, -0.1) is 13.1 Å². The topological polar surface area (TPSA) is 69.3 Å². The van der Waals surface area contributed by atoms with Crippen LogP contribution < -0.4 is 0 Å². The Kier molecular flexibility index (Phi) is 11.1. The first-order valence-corrected chi connectivity index (χ1v) is 16.1. The summed E-state index contributed by atoms with van der Waals surface area (Å²) in [5.41, 5.74) is 2.17. The quantitative estimate of drug-likeness (QED) is 0.313. The van der Waals surface area contributed by atoms with Crippen LogP contribution in [-0.4, -0.2) is 41.2 Å². The van der Waals surface area contributed by atoms with Crippen LogP contribution in [0.4, 0.5) is 0 Å². The Morgan fingerprint density at radius 1 is 0.606 bits per heavy atom. The van der Waals surface area contributed by atoms with Crippen molar-refractivity contribution in [2.24, 2.45) is 0 Å². The summed E-state index contributed by atoms with van der Waals surface area (Å²) in [6.07, 6.45) is 15.0. The van der Waals surface area contributed by atoms with Gasteiger partial charge in [0.2, 0.25) is 0 Å². The third-order valence-electron chi connectivity index (χ3n) is 7.69. The summed E-state index contributed by atoms with van der Waals surface area (Å²) in [5.74, 6) is 0. The van der Waals surface area contributed by atoms with E-state index in [-0.39, 0.29) is 13.1 Å². The van der Waals surface area contributed by atoms with E-state index in [1.165, 1.54) is 77.0 Å². The van der Waals surface area contributed by atoms with E-state index >= 15 is 0 Å². The van der Waals surface area contributed by atoms with Crippen LogP contribution in [0.3, 0.4) is 0 Å². The van der Waals surface area contributed by atoms with Gasteiger partial charge >= 0.3 is 33.3 Å². The number of hydrogen-bond donors (Lipinski definition) is 0. The van der Waals surface area contributed by atoms with Crippen molar-refractivity contribution in [2.45, 2.75) is 126 Å². The van der Waals surface area contributed by atoms with E-state index < -0.39 is 0 Å². The molecule has 0 saturated heterocycles. The van der Waals surface area contributed by atoms with Crippen molar-refractivity contribution < 1.29 is 13.1 Å². The van der Waals surface area contributed by atoms with Crippen LogP contribution in [0, 0.1) is 0 Å². The summed E-state index contributed by atoms with van der Waals surface area (Å²) >= 11 is 0.00694. The molecule has 187 valence electrons. The number of fused-ring (bicyclic) bond motifs is 5. The maximum atomic E-state index is 5.46. The Balaban J connectivity index is 0.000000821. The van der Waals surface area contributed by atoms with E-state index in [9.17, 15) is 0 Å². The Morgan fingerprint density at radius 3 is 1.33 bits per heavy atom. The summed E-state index contributed by atoms with van der Waals surface area (Å²) in [4.78, 5) is 4.88. The van der Waals surface area contributed by atoms with Crippen LogP contribution in [0.5, 0.6) is 0 Å². The fourth-order valence-corrected chi connectivity index (χ4v) is 6.02. The molecule has 0 radical (unpaired) electrons. The van der Waals surface area contributed by atoms with Gasteiger partial charge in [-0.3, -0.25) is 4.98 Å². The minimum Gasteiger partial charge on any atom is -0.659 e. The minimum atomic E-state index is 0.00694. The second kappa shape index (κ2) is 14.0. The fourth-order valence-electron chi connectivity index (χ4n) is 6.02. The minimum absolute atomic E-state index is 0.00694. The zero-order valence-electron chi connectivity index (χ0n) is 19.5. The fraction of sp³-hybridized carbons (Fsp3) is 0.800. The average Bonchev–Trinajstić information content (AvgIpc) is 2.85. The molecule has 3 unspecified atom stereocenters. The van der Waals surface area contributed by atoms with E-state index in [0.717, 1.165) is 24.5 Å².